The molecule has 174 valence electrons. The topological polar surface area (TPSA) is 116 Å². The number of benzene rings is 1. The van der Waals surface area contributed by atoms with E-state index >= 15 is 0 Å². The van der Waals surface area contributed by atoms with E-state index in [0.29, 0.717) is 16.3 Å². The highest BCUT2D eigenvalue weighted by molar-refractivity contribution is 6.03. The molecule has 3 heterocycles. The van der Waals surface area contributed by atoms with Crippen molar-refractivity contribution in [2.24, 2.45) is 11.7 Å². The summed E-state index contributed by atoms with van der Waals surface area (Å²) in [6.45, 7) is 5.02. The molecular formula is C23H24F2N4O4. The average molecular weight is 458 g/mol. The number of nitrogens with zero attached hydrogens (tertiary/aromatic N) is 1. The minimum atomic E-state index is -3.42. The summed E-state index contributed by atoms with van der Waals surface area (Å²) >= 11 is 0. The first kappa shape index (κ1) is 22.7. The Labute approximate surface area is 189 Å². The van der Waals surface area contributed by atoms with Crippen LogP contribution in [0.15, 0.2) is 18.3 Å². The van der Waals surface area contributed by atoms with Gasteiger partial charge in [-0.3, -0.25) is 9.59 Å². The maximum absolute atomic E-state index is 13.5. The predicted octanol–water partition coefficient (Wildman–Crippen LogP) is 1.59. The number of nitrogens with two attached hydrogens (primary N) is 1. The Morgan fingerprint density at radius 3 is 2.67 bits per heavy atom. The Morgan fingerprint density at radius 2 is 2.09 bits per heavy atom. The van der Waals surface area contributed by atoms with Crippen molar-refractivity contribution < 1.29 is 27.8 Å². The number of alkyl halides is 2. The summed E-state index contributed by atoms with van der Waals surface area (Å²) in [5.41, 5.74) is 6.34. The van der Waals surface area contributed by atoms with Crippen LogP contribution in [0.2, 0.25) is 0 Å². The Balaban J connectivity index is 1.73. The van der Waals surface area contributed by atoms with Gasteiger partial charge in [0.1, 0.15) is 12.4 Å². The molecule has 33 heavy (non-hydrogen) atoms. The molecule has 2 saturated heterocycles. The lowest BCUT2D eigenvalue weighted by Crippen LogP contribution is -2.40. The molecule has 2 aromatic rings. The number of hydrogen-bond donors (Lipinski definition) is 3. The highest BCUT2D eigenvalue weighted by Crippen LogP contribution is 2.34. The Kier molecular flexibility index (Phi) is 6.08. The van der Waals surface area contributed by atoms with Crippen molar-refractivity contribution in [2.75, 3.05) is 19.7 Å². The summed E-state index contributed by atoms with van der Waals surface area (Å²) < 4.78 is 38.6. The quantitative estimate of drug-likeness (QED) is 0.567. The normalized spacial score (nSPS) is 19.5. The molecule has 0 saturated carbocycles. The van der Waals surface area contributed by atoms with Gasteiger partial charge in [0.2, 0.25) is 5.88 Å². The smallest absolute Gasteiger partial charge is 0.326 e. The van der Waals surface area contributed by atoms with E-state index in [1.54, 1.807) is 12.1 Å². The summed E-state index contributed by atoms with van der Waals surface area (Å²) in [6.07, 6.45) is 0.616. The number of hydrogen-bond acceptors (Lipinski definition) is 6. The van der Waals surface area contributed by atoms with Crippen LogP contribution < -0.4 is 25.8 Å². The largest absolute Gasteiger partial charge is 0.490 e. The maximum atomic E-state index is 13.5. The van der Waals surface area contributed by atoms with Gasteiger partial charge in [-0.1, -0.05) is 11.8 Å². The second-order valence-corrected chi connectivity index (χ2v) is 8.42. The van der Waals surface area contributed by atoms with Gasteiger partial charge in [0.15, 0.2) is 0 Å². The van der Waals surface area contributed by atoms with Crippen molar-refractivity contribution in [3.63, 3.8) is 0 Å². The van der Waals surface area contributed by atoms with E-state index < -0.39 is 30.2 Å². The number of pyridine rings is 1. The number of carbonyl (C=O) groups is 2. The van der Waals surface area contributed by atoms with Gasteiger partial charge in [0.25, 0.3) is 11.8 Å². The predicted molar refractivity (Wildman–Crippen MR) is 116 cm³/mol. The molecule has 2 aliphatic heterocycles. The Hall–Kier alpha value is -3.45. The molecule has 0 radical (unpaired) electrons. The fourth-order valence-electron chi connectivity index (χ4n) is 3.60. The molecule has 4 rings (SSSR count). The van der Waals surface area contributed by atoms with Crippen molar-refractivity contribution in [2.45, 2.75) is 38.3 Å². The molecule has 4 N–H and O–H groups in total. The molecule has 1 atom stereocenters. The monoisotopic (exact) mass is 458 g/mol. The minimum Gasteiger partial charge on any atom is -0.490 e. The lowest BCUT2D eigenvalue weighted by Gasteiger charge is -2.21. The zero-order chi connectivity index (χ0) is 23.8. The molecule has 0 spiro atoms. The van der Waals surface area contributed by atoms with Crippen LogP contribution in [0.3, 0.4) is 0 Å². The lowest BCUT2D eigenvalue weighted by molar-refractivity contribution is -0.139. The molecule has 2 amide bonds. The fourth-order valence-corrected chi connectivity index (χ4v) is 3.60. The van der Waals surface area contributed by atoms with Gasteiger partial charge in [0.05, 0.1) is 23.3 Å². The Bertz CT molecular complexity index is 1170. The van der Waals surface area contributed by atoms with E-state index in [1.807, 2.05) is 13.8 Å². The van der Waals surface area contributed by atoms with Crippen LogP contribution in [0.25, 0.3) is 10.8 Å². The SMILES string of the molecule is CC(C)Oc1cc2c(OC[C@@H]3CC(F)(F)C(=O)N3)ncc(C#CC3CNC3)c2cc1C(N)=O. The second kappa shape index (κ2) is 8.83. The fraction of sp³-hybridized carbons (Fsp3) is 0.435. The van der Waals surface area contributed by atoms with E-state index in [9.17, 15) is 18.4 Å². The third-order valence-corrected chi connectivity index (χ3v) is 5.36. The number of fused-ring (bicyclic) bond motifs is 1. The molecule has 1 aromatic heterocycles. The van der Waals surface area contributed by atoms with Crippen LogP contribution in [0, 0.1) is 17.8 Å². The maximum Gasteiger partial charge on any atom is 0.326 e. The number of nitrogens with one attached hydrogen (secondary N) is 2. The van der Waals surface area contributed by atoms with E-state index in [4.69, 9.17) is 15.2 Å². The summed E-state index contributed by atoms with van der Waals surface area (Å²) in [5, 5.41) is 6.44. The minimum absolute atomic E-state index is 0.148. The number of carbonyl (C=O) groups excluding carboxylic acids is 2. The molecule has 0 aliphatic carbocycles. The molecule has 1 aromatic carbocycles. The van der Waals surface area contributed by atoms with Crippen LogP contribution in [-0.4, -0.2) is 54.6 Å². The summed E-state index contributed by atoms with van der Waals surface area (Å²) in [5.74, 6) is 1.49. The molecule has 0 unspecified atom stereocenters. The van der Waals surface area contributed by atoms with Crippen molar-refractivity contribution in [3.8, 4) is 23.5 Å². The van der Waals surface area contributed by atoms with Gasteiger partial charge in [-0.25, -0.2) is 4.98 Å². The first-order chi connectivity index (χ1) is 15.6. The van der Waals surface area contributed by atoms with Gasteiger partial charge in [0, 0.05) is 42.4 Å². The average Bonchev–Trinajstić information content (AvgIpc) is 2.96. The molecule has 2 fully saturated rings. The number of rotatable bonds is 6. The number of amides is 2. The lowest BCUT2D eigenvalue weighted by atomic mass is 10.0. The standard InChI is InChI=1S/C23H24F2N4O4/c1-12(2)33-19-6-17-16(5-18(19)20(26)30)14(4-3-13-8-27-9-13)10-28-21(17)32-11-15-7-23(24,25)22(31)29-15/h5-6,10,12-13,15,27H,7-9,11H2,1-2H3,(H2,26,30)(H,29,31)/t15-/m0/s1. The zero-order valence-electron chi connectivity index (χ0n) is 18.2. The van der Waals surface area contributed by atoms with Crippen molar-refractivity contribution in [3.05, 3.63) is 29.5 Å². The number of ether oxygens (including phenoxy) is 2. The molecule has 10 heteroatoms. The van der Waals surface area contributed by atoms with Gasteiger partial charge in [-0.15, -0.1) is 0 Å². The van der Waals surface area contributed by atoms with E-state index in [-0.39, 0.29) is 35.8 Å². The van der Waals surface area contributed by atoms with Gasteiger partial charge < -0.3 is 25.8 Å². The molecular weight excluding hydrogens is 434 g/mol. The van der Waals surface area contributed by atoms with Crippen molar-refractivity contribution >= 4 is 22.6 Å². The van der Waals surface area contributed by atoms with Crippen LogP contribution in [-0.2, 0) is 4.79 Å². The van der Waals surface area contributed by atoms with E-state index in [1.165, 1.54) is 6.20 Å². The van der Waals surface area contributed by atoms with Crippen molar-refractivity contribution in [1.29, 1.82) is 0 Å². The number of aromatic nitrogens is 1. The molecule has 0 bridgehead atoms. The van der Waals surface area contributed by atoms with Crippen molar-refractivity contribution in [1.82, 2.24) is 15.6 Å². The van der Waals surface area contributed by atoms with Crippen LogP contribution >= 0.6 is 0 Å². The van der Waals surface area contributed by atoms with Gasteiger partial charge in [-0.2, -0.15) is 8.78 Å². The highest BCUT2D eigenvalue weighted by Gasteiger charge is 2.48. The van der Waals surface area contributed by atoms with Gasteiger partial charge in [-0.05, 0) is 26.0 Å². The Morgan fingerprint density at radius 1 is 1.33 bits per heavy atom. The van der Waals surface area contributed by atoms with E-state index in [0.717, 1.165) is 13.1 Å². The first-order valence-corrected chi connectivity index (χ1v) is 10.6. The van der Waals surface area contributed by atoms with Crippen LogP contribution in [0.4, 0.5) is 8.78 Å². The highest BCUT2D eigenvalue weighted by atomic mass is 19.3. The number of halogens is 2. The summed E-state index contributed by atoms with van der Waals surface area (Å²) in [6, 6.07) is 2.32. The third-order valence-electron chi connectivity index (χ3n) is 5.36. The van der Waals surface area contributed by atoms with Crippen LogP contribution in [0.5, 0.6) is 11.6 Å². The summed E-state index contributed by atoms with van der Waals surface area (Å²) in [4.78, 5) is 27.8. The molecule has 8 nitrogen and oxygen atoms in total. The van der Waals surface area contributed by atoms with Gasteiger partial charge >= 0.3 is 5.92 Å². The number of primary amides is 1. The first-order valence-electron chi connectivity index (χ1n) is 10.6. The molecule has 2 aliphatic rings. The van der Waals surface area contributed by atoms with E-state index in [2.05, 4.69) is 27.5 Å². The summed E-state index contributed by atoms with van der Waals surface area (Å²) in [7, 11) is 0. The third kappa shape index (κ3) is 4.83. The van der Waals surface area contributed by atoms with Crippen LogP contribution in [0.1, 0.15) is 36.2 Å². The zero-order valence-corrected chi connectivity index (χ0v) is 18.2. The second-order valence-electron chi connectivity index (χ2n) is 8.42.